The molecule has 0 aliphatic carbocycles. The Balaban J connectivity index is 1.96. The van der Waals surface area contributed by atoms with Crippen LogP contribution >= 0.6 is 11.8 Å². The number of aromatic nitrogens is 4. The zero-order chi connectivity index (χ0) is 14.8. The van der Waals surface area contributed by atoms with Crippen molar-refractivity contribution in [2.24, 2.45) is 5.73 Å². The van der Waals surface area contributed by atoms with Gasteiger partial charge in [-0.15, -0.1) is 10.2 Å². The van der Waals surface area contributed by atoms with Crippen molar-refractivity contribution in [2.75, 3.05) is 0 Å². The molecule has 6 heteroatoms. The summed E-state index contributed by atoms with van der Waals surface area (Å²) in [4.78, 5) is 5.66. The summed E-state index contributed by atoms with van der Waals surface area (Å²) >= 11 is 1.67. The van der Waals surface area contributed by atoms with E-state index in [9.17, 15) is 0 Å². The van der Waals surface area contributed by atoms with E-state index in [-0.39, 0.29) is 0 Å². The van der Waals surface area contributed by atoms with Crippen molar-refractivity contribution in [3.63, 3.8) is 0 Å². The predicted molar refractivity (Wildman–Crippen MR) is 83.3 cm³/mol. The standard InChI is InChI=1S/C15H21N5S/c1-10-8-13(12(9-16)11(2)17-10)21-15-19-18-14-6-4-3-5-7-20(14)15/h8H,3-7,9,16H2,1-2H3. The number of nitrogens with zero attached hydrogens (tertiary/aromatic N) is 4. The van der Waals surface area contributed by atoms with Crippen molar-refractivity contribution in [1.29, 1.82) is 0 Å². The third kappa shape index (κ3) is 2.96. The van der Waals surface area contributed by atoms with Gasteiger partial charge in [0.1, 0.15) is 5.82 Å². The highest BCUT2D eigenvalue weighted by atomic mass is 32.2. The number of fused-ring (bicyclic) bond motifs is 1. The molecule has 1 aliphatic rings. The number of rotatable bonds is 3. The Labute approximate surface area is 129 Å². The van der Waals surface area contributed by atoms with Crippen LogP contribution in [-0.2, 0) is 19.5 Å². The maximum Gasteiger partial charge on any atom is 0.196 e. The quantitative estimate of drug-likeness (QED) is 0.944. The van der Waals surface area contributed by atoms with Crippen molar-refractivity contribution in [2.45, 2.75) is 62.7 Å². The molecule has 0 atom stereocenters. The van der Waals surface area contributed by atoms with E-state index in [1.165, 1.54) is 19.3 Å². The summed E-state index contributed by atoms with van der Waals surface area (Å²) in [5.41, 5.74) is 9.03. The molecule has 0 saturated heterocycles. The first-order valence-electron chi connectivity index (χ1n) is 7.46. The molecule has 0 unspecified atom stereocenters. The highest BCUT2D eigenvalue weighted by molar-refractivity contribution is 7.99. The number of hydrogen-bond acceptors (Lipinski definition) is 5. The smallest absolute Gasteiger partial charge is 0.196 e. The Bertz CT molecular complexity index is 650. The summed E-state index contributed by atoms with van der Waals surface area (Å²) < 4.78 is 2.27. The summed E-state index contributed by atoms with van der Waals surface area (Å²) in [6.45, 7) is 5.55. The van der Waals surface area contributed by atoms with Gasteiger partial charge in [0.25, 0.3) is 0 Å². The van der Waals surface area contributed by atoms with E-state index >= 15 is 0 Å². The lowest BCUT2D eigenvalue weighted by Crippen LogP contribution is -2.06. The molecule has 0 spiro atoms. The van der Waals surface area contributed by atoms with Crippen molar-refractivity contribution >= 4 is 11.8 Å². The first-order chi connectivity index (χ1) is 10.2. The Morgan fingerprint density at radius 2 is 2.10 bits per heavy atom. The molecular weight excluding hydrogens is 282 g/mol. The fourth-order valence-electron chi connectivity index (χ4n) is 2.79. The van der Waals surface area contributed by atoms with Crippen molar-refractivity contribution < 1.29 is 0 Å². The Morgan fingerprint density at radius 1 is 1.24 bits per heavy atom. The van der Waals surface area contributed by atoms with Crippen LogP contribution in [0.1, 0.15) is 42.0 Å². The van der Waals surface area contributed by atoms with Gasteiger partial charge < -0.3 is 10.3 Å². The number of pyridine rings is 1. The molecule has 1 aliphatic heterocycles. The van der Waals surface area contributed by atoms with Crippen LogP contribution in [0.15, 0.2) is 16.1 Å². The van der Waals surface area contributed by atoms with Gasteiger partial charge >= 0.3 is 0 Å². The van der Waals surface area contributed by atoms with Crippen molar-refractivity contribution in [3.8, 4) is 0 Å². The average Bonchev–Trinajstić information content (AvgIpc) is 2.68. The Kier molecular flexibility index (Phi) is 4.26. The molecule has 0 aromatic carbocycles. The van der Waals surface area contributed by atoms with Crippen LogP contribution in [0.25, 0.3) is 0 Å². The molecule has 112 valence electrons. The van der Waals surface area contributed by atoms with E-state index in [4.69, 9.17) is 5.73 Å². The lowest BCUT2D eigenvalue weighted by Gasteiger charge is -2.12. The van der Waals surface area contributed by atoms with Gasteiger partial charge in [0, 0.05) is 41.4 Å². The minimum absolute atomic E-state index is 0.502. The monoisotopic (exact) mass is 303 g/mol. The topological polar surface area (TPSA) is 69.6 Å². The highest BCUT2D eigenvalue weighted by Crippen LogP contribution is 2.32. The van der Waals surface area contributed by atoms with Gasteiger partial charge in [0.15, 0.2) is 5.16 Å². The Morgan fingerprint density at radius 3 is 2.90 bits per heavy atom. The van der Waals surface area contributed by atoms with Crippen LogP contribution in [0, 0.1) is 13.8 Å². The van der Waals surface area contributed by atoms with E-state index < -0.39 is 0 Å². The minimum atomic E-state index is 0.502. The highest BCUT2D eigenvalue weighted by Gasteiger charge is 2.17. The molecule has 0 saturated carbocycles. The molecule has 0 radical (unpaired) electrons. The van der Waals surface area contributed by atoms with E-state index in [0.717, 1.165) is 45.8 Å². The molecule has 2 aromatic heterocycles. The van der Waals surface area contributed by atoms with Gasteiger partial charge in [0.05, 0.1) is 0 Å². The number of aryl methyl sites for hydroxylation is 3. The average molecular weight is 303 g/mol. The fraction of sp³-hybridized carbons (Fsp3) is 0.533. The summed E-state index contributed by atoms with van der Waals surface area (Å²) in [6.07, 6.45) is 4.72. The third-order valence-electron chi connectivity index (χ3n) is 3.90. The molecule has 2 N–H and O–H groups in total. The summed E-state index contributed by atoms with van der Waals surface area (Å²) in [7, 11) is 0. The number of hydrogen-bond donors (Lipinski definition) is 1. The van der Waals surface area contributed by atoms with Crippen molar-refractivity contribution in [1.82, 2.24) is 19.7 Å². The zero-order valence-corrected chi connectivity index (χ0v) is 13.4. The first-order valence-corrected chi connectivity index (χ1v) is 8.28. The second-order valence-corrected chi connectivity index (χ2v) is 6.50. The molecule has 0 fully saturated rings. The van der Waals surface area contributed by atoms with Crippen LogP contribution in [0.5, 0.6) is 0 Å². The largest absolute Gasteiger partial charge is 0.326 e. The van der Waals surface area contributed by atoms with E-state index in [2.05, 4.69) is 25.8 Å². The molecule has 0 amide bonds. The maximum absolute atomic E-state index is 5.90. The maximum atomic E-state index is 5.90. The van der Waals surface area contributed by atoms with Crippen LogP contribution < -0.4 is 5.73 Å². The first kappa shape index (κ1) is 14.5. The van der Waals surface area contributed by atoms with Gasteiger partial charge in [-0.05, 0) is 44.5 Å². The van der Waals surface area contributed by atoms with Gasteiger partial charge in [-0.2, -0.15) is 0 Å². The van der Waals surface area contributed by atoms with Gasteiger partial charge in [0.2, 0.25) is 0 Å². The van der Waals surface area contributed by atoms with Crippen LogP contribution in [-0.4, -0.2) is 19.7 Å². The Hall–Kier alpha value is -1.40. The van der Waals surface area contributed by atoms with Gasteiger partial charge in [-0.1, -0.05) is 6.42 Å². The molecule has 3 rings (SSSR count). The SMILES string of the molecule is Cc1cc(Sc2nnc3n2CCCCC3)c(CN)c(C)n1. The third-order valence-corrected chi connectivity index (χ3v) is 4.97. The minimum Gasteiger partial charge on any atom is -0.326 e. The van der Waals surface area contributed by atoms with E-state index in [1.54, 1.807) is 11.8 Å². The van der Waals surface area contributed by atoms with Crippen molar-refractivity contribution in [3.05, 3.63) is 28.8 Å². The predicted octanol–water partition coefficient (Wildman–Crippen LogP) is 2.63. The second-order valence-electron chi connectivity index (χ2n) is 5.49. The van der Waals surface area contributed by atoms with Crippen LogP contribution in [0.3, 0.4) is 0 Å². The molecule has 5 nitrogen and oxygen atoms in total. The van der Waals surface area contributed by atoms with Gasteiger partial charge in [-0.25, -0.2) is 0 Å². The summed E-state index contributed by atoms with van der Waals surface area (Å²) in [5, 5.41) is 9.72. The zero-order valence-electron chi connectivity index (χ0n) is 12.6. The lowest BCUT2D eigenvalue weighted by molar-refractivity contribution is 0.591. The normalized spacial score (nSPS) is 14.8. The molecular formula is C15H21N5S. The van der Waals surface area contributed by atoms with Crippen LogP contribution in [0.4, 0.5) is 0 Å². The summed E-state index contributed by atoms with van der Waals surface area (Å²) in [6, 6.07) is 2.10. The van der Waals surface area contributed by atoms with Gasteiger partial charge in [-0.3, -0.25) is 4.98 Å². The molecule has 21 heavy (non-hydrogen) atoms. The second kappa shape index (κ2) is 6.15. The molecule has 3 heterocycles. The van der Waals surface area contributed by atoms with Crippen LogP contribution in [0.2, 0.25) is 0 Å². The van der Waals surface area contributed by atoms with E-state index in [0.29, 0.717) is 6.54 Å². The number of nitrogens with two attached hydrogens (primary N) is 1. The molecule has 2 aromatic rings. The fourth-order valence-corrected chi connectivity index (χ4v) is 3.96. The van der Waals surface area contributed by atoms with E-state index in [1.807, 2.05) is 13.8 Å². The summed E-state index contributed by atoms with van der Waals surface area (Å²) in [5.74, 6) is 1.12. The molecule has 0 bridgehead atoms. The lowest BCUT2D eigenvalue weighted by atomic mass is 10.2.